The van der Waals surface area contributed by atoms with E-state index in [0.717, 1.165) is 12.3 Å². The molecule has 2 aromatic heterocycles. The minimum Gasteiger partial charge on any atom is -0.266 e. The molecule has 0 aliphatic carbocycles. The van der Waals surface area contributed by atoms with Gasteiger partial charge in [0.2, 0.25) is 0 Å². The van der Waals surface area contributed by atoms with Crippen LogP contribution in [0.5, 0.6) is 0 Å². The molecule has 7 heteroatoms. The topological polar surface area (TPSA) is 41.6 Å². The molecule has 0 saturated heterocycles. The van der Waals surface area contributed by atoms with Crippen LogP contribution in [0.15, 0.2) is 12.3 Å². The number of aromatic amines is 1. The molecule has 0 radical (unpaired) electrons. The van der Waals surface area contributed by atoms with Crippen LogP contribution in [0.2, 0.25) is 5.15 Å². The third kappa shape index (κ3) is 1.41. The summed E-state index contributed by atoms with van der Waals surface area (Å²) in [5.74, 6) is 0. The summed E-state index contributed by atoms with van der Waals surface area (Å²) in [7, 11) is 0. The normalized spacial score (nSPS) is 12.3. The summed E-state index contributed by atoms with van der Waals surface area (Å²) in [5, 5.41) is 6.31. The lowest BCUT2D eigenvalue weighted by molar-refractivity contribution is -0.141. The monoisotopic (exact) mass is 221 g/mol. The highest BCUT2D eigenvalue weighted by Crippen LogP contribution is 2.30. The first kappa shape index (κ1) is 9.26. The number of hydrogen-bond acceptors (Lipinski definition) is 2. The molecule has 0 amide bonds. The summed E-state index contributed by atoms with van der Waals surface area (Å²) in [6.07, 6.45) is -3.44. The van der Waals surface area contributed by atoms with Gasteiger partial charge in [0.15, 0.2) is 0 Å². The van der Waals surface area contributed by atoms with Crippen molar-refractivity contribution >= 4 is 22.5 Å². The van der Waals surface area contributed by atoms with Crippen molar-refractivity contribution in [3.63, 3.8) is 0 Å². The van der Waals surface area contributed by atoms with Crippen LogP contribution in [0, 0.1) is 0 Å². The number of rotatable bonds is 0. The lowest BCUT2D eigenvalue weighted by Crippen LogP contribution is -2.07. The maximum absolute atomic E-state index is 12.2. The highest BCUT2D eigenvalue weighted by atomic mass is 35.5. The van der Waals surface area contributed by atoms with Gasteiger partial charge in [-0.25, -0.2) is 4.98 Å². The van der Waals surface area contributed by atoms with E-state index in [4.69, 9.17) is 11.6 Å². The molecule has 0 bridgehead atoms. The van der Waals surface area contributed by atoms with Crippen LogP contribution in [0.4, 0.5) is 13.2 Å². The summed E-state index contributed by atoms with van der Waals surface area (Å²) in [4.78, 5) is 3.23. The number of aromatic nitrogens is 3. The molecule has 1 N–H and O–H groups in total. The Kier molecular flexibility index (Phi) is 1.88. The maximum Gasteiger partial charge on any atom is 0.433 e. The zero-order valence-electron chi connectivity index (χ0n) is 6.56. The van der Waals surface area contributed by atoms with Gasteiger partial charge in [0.05, 0.1) is 6.20 Å². The van der Waals surface area contributed by atoms with Crippen molar-refractivity contribution < 1.29 is 13.2 Å². The average molecular weight is 222 g/mol. The predicted molar refractivity (Wildman–Crippen MR) is 43.9 cm³/mol. The Hall–Kier alpha value is -1.30. The van der Waals surface area contributed by atoms with Crippen molar-refractivity contribution in [3.05, 3.63) is 23.1 Å². The Labute approximate surface area is 80.9 Å². The minimum absolute atomic E-state index is 0.0768. The molecule has 0 aromatic carbocycles. The van der Waals surface area contributed by atoms with Gasteiger partial charge in [-0.3, -0.25) is 5.10 Å². The van der Waals surface area contributed by atoms with E-state index in [2.05, 4.69) is 15.2 Å². The molecule has 0 unspecified atom stereocenters. The van der Waals surface area contributed by atoms with Crippen LogP contribution in [0.25, 0.3) is 10.9 Å². The Morgan fingerprint density at radius 3 is 2.71 bits per heavy atom. The van der Waals surface area contributed by atoms with Crippen LogP contribution in [0.3, 0.4) is 0 Å². The van der Waals surface area contributed by atoms with Gasteiger partial charge in [-0.15, -0.1) is 0 Å². The van der Waals surface area contributed by atoms with Crippen molar-refractivity contribution in [1.82, 2.24) is 15.2 Å². The third-order valence-electron chi connectivity index (χ3n) is 1.68. The first-order chi connectivity index (χ1) is 6.48. The zero-order chi connectivity index (χ0) is 10.3. The van der Waals surface area contributed by atoms with Gasteiger partial charge in [0.1, 0.15) is 16.4 Å². The first-order valence-corrected chi connectivity index (χ1v) is 3.93. The van der Waals surface area contributed by atoms with E-state index < -0.39 is 11.9 Å². The molecule has 0 aliphatic heterocycles. The number of nitrogens with zero attached hydrogens (tertiary/aromatic N) is 2. The summed E-state index contributed by atoms with van der Waals surface area (Å²) in [5.41, 5.74) is -0.670. The van der Waals surface area contributed by atoms with Gasteiger partial charge in [0, 0.05) is 5.39 Å². The van der Waals surface area contributed by atoms with Crippen molar-refractivity contribution in [2.45, 2.75) is 6.18 Å². The lowest BCUT2D eigenvalue weighted by Gasteiger charge is -2.03. The number of halogens is 4. The van der Waals surface area contributed by atoms with Gasteiger partial charge >= 0.3 is 6.18 Å². The largest absolute Gasteiger partial charge is 0.433 e. The predicted octanol–water partition coefficient (Wildman–Crippen LogP) is 2.63. The molecule has 74 valence electrons. The summed E-state index contributed by atoms with van der Waals surface area (Å²) < 4.78 is 36.7. The molecule has 2 heterocycles. The van der Waals surface area contributed by atoms with Crippen LogP contribution in [0.1, 0.15) is 5.69 Å². The molecular weight excluding hydrogens is 219 g/mol. The van der Waals surface area contributed by atoms with Gasteiger partial charge in [0.25, 0.3) is 0 Å². The van der Waals surface area contributed by atoms with Crippen molar-refractivity contribution in [2.24, 2.45) is 0 Å². The molecule has 2 aromatic rings. The number of pyridine rings is 1. The summed E-state index contributed by atoms with van der Waals surface area (Å²) >= 11 is 5.58. The SMILES string of the molecule is FC(F)(F)c1cc2c(Cl)[nH]nc2cn1. The number of H-pyrrole nitrogens is 1. The second-order valence-electron chi connectivity index (χ2n) is 2.62. The van der Waals surface area contributed by atoms with E-state index in [1.54, 1.807) is 0 Å². The van der Waals surface area contributed by atoms with Crippen LogP contribution < -0.4 is 0 Å². The van der Waals surface area contributed by atoms with Crippen molar-refractivity contribution in [2.75, 3.05) is 0 Å². The first-order valence-electron chi connectivity index (χ1n) is 3.55. The Bertz CT molecular complexity index is 476. The van der Waals surface area contributed by atoms with E-state index in [-0.39, 0.29) is 10.5 Å². The van der Waals surface area contributed by atoms with Gasteiger partial charge < -0.3 is 0 Å². The Balaban J connectivity index is 2.66. The second kappa shape index (κ2) is 2.84. The third-order valence-corrected chi connectivity index (χ3v) is 1.97. The van der Waals surface area contributed by atoms with E-state index in [0.29, 0.717) is 5.52 Å². The molecule has 0 saturated carbocycles. The lowest BCUT2D eigenvalue weighted by atomic mass is 10.2. The van der Waals surface area contributed by atoms with E-state index >= 15 is 0 Å². The molecule has 0 fully saturated rings. The van der Waals surface area contributed by atoms with E-state index in [1.165, 1.54) is 0 Å². The second-order valence-corrected chi connectivity index (χ2v) is 3.00. The van der Waals surface area contributed by atoms with Crippen LogP contribution in [-0.2, 0) is 6.18 Å². The molecule has 0 spiro atoms. The van der Waals surface area contributed by atoms with Crippen molar-refractivity contribution in [3.8, 4) is 0 Å². The molecular formula is C7H3ClF3N3. The number of fused-ring (bicyclic) bond motifs is 1. The van der Waals surface area contributed by atoms with Crippen LogP contribution >= 0.6 is 11.6 Å². The quantitative estimate of drug-likeness (QED) is 0.743. The van der Waals surface area contributed by atoms with Gasteiger partial charge in [-0.05, 0) is 6.07 Å². The fourth-order valence-corrected chi connectivity index (χ4v) is 1.23. The van der Waals surface area contributed by atoms with Crippen LogP contribution in [-0.4, -0.2) is 15.2 Å². The molecule has 0 atom stereocenters. The average Bonchev–Trinajstić information content (AvgIpc) is 2.46. The number of hydrogen-bond donors (Lipinski definition) is 1. The van der Waals surface area contributed by atoms with E-state index in [9.17, 15) is 13.2 Å². The van der Waals surface area contributed by atoms with Gasteiger partial charge in [-0.1, -0.05) is 11.6 Å². The Morgan fingerprint density at radius 1 is 1.36 bits per heavy atom. The Morgan fingerprint density at radius 2 is 2.07 bits per heavy atom. The van der Waals surface area contributed by atoms with Gasteiger partial charge in [-0.2, -0.15) is 18.3 Å². The van der Waals surface area contributed by atoms with E-state index in [1.807, 2.05) is 0 Å². The molecule has 14 heavy (non-hydrogen) atoms. The number of nitrogens with one attached hydrogen (secondary N) is 1. The summed E-state index contributed by atoms with van der Waals surface area (Å²) in [6, 6.07) is 0.862. The molecule has 2 rings (SSSR count). The summed E-state index contributed by atoms with van der Waals surface area (Å²) in [6.45, 7) is 0. The standard InChI is InChI=1S/C7H3ClF3N3/c8-6-3-1-5(7(9,10)11)12-2-4(3)13-14-6/h1-2H,(H,13,14). The fourth-order valence-electron chi connectivity index (χ4n) is 1.04. The highest BCUT2D eigenvalue weighted by molar-refractivity contribution is 6.34. The smallest absolute Gasteiger partial charge is 0.266 e. The van der Waals surface area contributed by atoms with Crippen molar-refractivity contribution in [1.29, 1.82) is 0 Å². The highest BCUT2D eigenvalue weighted by Gasteiger charge is 2.32. The molecule has 0 aliphatic rings. The minimum atomic E-state index is -4.46. The maximum atomic E-state index is 12.2. The zero-order valence-corrected chi connectivity index (χ0v) is 7.32. The number of alkyl halides is 3. The molecule has 3 nitrogen and oxygen atoms in total. The fraction of sp³-hybridized carbons (Fsp3) is 0.143.